The molecule has 3 aromatic rings. The molecule has 1 amide bonds. The fourth-order valence-electron chi connectivity index (χ4n) is 2.04. The Morgan fingerprint density at radius 3 is 2.74 bits per heavy atom. The van der Waals surface area contributed by atoms with Gasteiger partial charge in [0.05, 0.1) is 18.2 Å². The first-order valence-corrected chi connectivity index (χ1v) is 7.38. The van der Waals surface area contributed by atoms with Gasteiger partial charge in [0, 0.05) is 29.0 Å². The molecule has 8 nitrogen and oxygen atoms in total. The largest absolute Gasteiger partial charge is 0.478 e. The molecular formula is C14H11N5O3S. The van der Waals surface area contributed by atoms with E-state index in [0.29, 0.717) is 17.0 Å². The molecule has 3 rings (SSSR count). The molecule has 0 aliphatic carbocycles. The maximum atomic E-state index is 12.2. The summed E-state index contributed by atoms with van der Waals surface area (Å²) in [6, 6.07) is 0. The zero-order valence-electron chi connectivity index (χ0n) is 11.9. The topological polar surface area (TPSA) is 121 Å². The second kappa shape index (κ2) is 5.97. The maximum Gasteiger partial charge on any atom is 0.339 e. The lowest BCUT2D eigenvalue weighted by Crippen LogP contribution is -2.15. The van der Waals surface area contributed by atoms with Gasteiger partial charge >= 0.3 is 5.97 Å². The van der Waals surface area contributed by atoms with Crippen LogP contribution >= 0.6 is 11.3 Å². The molecule has 0 saturated heterocycles. The zero-order valence-corrected chi connectivity index (χ0v) is 12.7. The van der Waals surface area contributed by atoms with Gasteiger partial charge in [-0.3, -0.25) is 14.8 Å². The van der Waals surface area contributed by atoms with Crippen LogP contribution in [-0.2, 0) is 0 Å². The number of carbonyl (C=O) groups is 2. The summed E-state index contributed by atoms with van der Waals surface area (Å²) in [5.41, 5.74) is 1.64. The molecule has 0 fully saturated rings. The number of aryl methyl sites for hydroxylation is 1. The normalized spacial score (nSPS) is 10.5. The van der Waals surface area contributed by atoms with Crippen molar-refractivity contribution in [1.82, 2.24) is 19.9 Å². The van der Waals surface area contributed by atoms with Crippen LogP contribution in [0.1, 0.15) is 26.5 Å². The minimum atomic E-state index is -1.15. The number of hydrogen-bond acceptors (Lipinski definition) is 6. The average Bonchev–Trinajstić information content (AvgIpc) is 3.14. The average molecular weight is 329 g/mol. The molecular weight excluding hydrogens is 318 g/mol. The molecule has 0 saturated carbocycles. The van der Waals surface area contributed by atoms with Gasteiger partial charge in [0.2, 0.25) is 0 Å². The smallest absolute Gasteiger partial charge is 0.339 e. The lowest BCUT2D eigenvalue weighted by atomic mass is 10.1. The van der Waals surface area contributed by atoms with Crippen molar-refractivity contribution in [1.29, 1.82) is 0 Å². The van der Waals surface area contributed by atoms with Crippen LogP contribution in [-0.4, -0.2) is 36.9 Å². The highest BCUT2D eigenvalue weighted by Gasteiger charge is 2.23. The predicted molar refractivity (Wildman–Crippen MR) is 83.6 cm³/mol. The Morgan fingerprint density at radius 2 is 2.13 bits per heavy atom. The van der Waals surface area contributed by atoms with Crippen molar-refractivity contribution in [3.05, 3.63) is 47.2 Å². The number of rotatable bonds is 4. The minimum Gasteiger partial charge on any atom is -0.478 e. The summed E-state index contributed by atoms with van der Waals surface area (Å²) in [5, 5.41) is 13.9. The van der Waals surface area contributed by atoms with Gasteiger partial charge in [-0.2, -0.15) is 0 Å². The quantitative estimate of drug-likeness (QED) is 0.674. The predicted octanol–water partition coefficient (Wildman–Crippen LogP) is 2.19. The molecule has 3 heterocycles. The van der Waals surface area contributed by atoms with Crippen LogP contribution in [0.15, 0.2) is 30.3 Å². The number of anilines is 1. The van der Waals surface area contributed by atoms with Crippen molar-refractivity contribution in [3.8, 4) is 11.3 Å². The molecule has 116 valence electrons. The molecule has 0 unspecified atom stereocenters. The molecule has 23 heavy (non-hydrogen) atoms. The van der Waals surface area contributed by atoms with Gasteiger partial charge in [0.1, 0.15) is 16.3 Å². The van der Waals surface area contributed by atoms with E-state index in [4.69, 9.17) is 0 Å². The van der Waals surface area contributed by atoms with Crippen molar-refractivity contribution in [2.45, 2.75) is 6.92 Å². The van der Waals surface area contributed by atoms with E-state index < -0.39 is 11.9 Å². The number of amides is 1. The third-order valence-corrected chi connectivity index (χ3v) is 4.01. The van der Waals surface area contributed by atoms with Gasteiger partial charge in [0.15, 0.2) is 0 Å². The van der Waals surface area contributed by atoms with Crippen molar-refractivity contribution in [2.24, 2.45) is 0 Å². The van der Waals surface area contributed by atoms with Crippen LogP contribution in [0.3, 0.4) is 0 Å². The van der Waals surface area contributed by atoms with E-state index >= 15 is 0 Å². The SMILES string of the molecule is Cc1[nH]cnc1C(=O)Nc1scc(-c2cnccn2)c1C(=O)O. The third-order valence-electron chi connectivity index (χ3n) is 3.12. The lowest BCUT2D eigenvalue weighted by molar-refractivity contribution is 0.0699. The number of carboxylic acid groups (broad SMARTS) is 1. The lowest BCUT2D eigenvalue weighted by Gasteiger charge is -2.04. The first kappa shape index (κ1) is 14.9. The van der Waals surface area contributed by atoms with Gasteiger partial charge in [0.25, 0.3) is 5.91 Å². The minimum absolute atomic E-state index is 0.0166. The summed E-state index contributed by atoms with van der Waals surface area (Å²) >= 11 is 1.11. The number of nitrogens with zero attached hydrogens (tertiary/aromatic N) is 3. The fourth-order valence-corrected chi connectivity index (χ4v) is 2.98. The van der Waals surface area contributed by atoms with Gasteiger partial charge < -0.3 is 15.4 Å². The van der Waals surface area contributed by atoms with Crippen molar-refractivity contribution < 1.29 is 14.7 Å². The van der Waals surface area contributed by atoms with E-state index in [2.05, 4.69) is 25.3 Å². The van der Waals surface area contributed by atoms with Gasteiger partial charge in [-0.15, -0.1) is 11.3 Å². The summed E-state index contributed by atoms with van der Waals surface area (Å²) < 4.78 is 0. The first-order chi connectivity index (χ1) is 11.1. The molecule has 0 atom stereocenters. The van der Waals surface area contributed by atoms with E-state index in [-0.39, 0.29) is 16.3 Å². The number of H-pyrrole nitrogens is 1. The zero-order chi connectivity index (χ0) is 16.4. The number of carbonyl (C=O) groups excluding carboxylic acids is 1. The Morgan fingerprint density at radius 1 is 1.30 bits per heavy atom. The standard InChI is InChI=1S/C14H11N5O3S/c1-7-11(18-6-17-7)12(20)19-13-10(14(21)22)8(5-23-13)9-4-15-2-3-16-9/h2-6H,1H3,(H,17,18)(H,19,20)(H,21,22). The Kier molecular flexibility index (Phi) is 3.85. The molecule has 3 N–H and O–H groups in total. The number of aromatic carboxylic acids is 1. The molecule has 0 radical (unpaired) electrons. The van der Waals surface area contributed by atoms with Crippen LogP contribution in [0.2, 0.25) is 0 Å². The summed E-state index contributed by atoms with van der Waals surface area (Å²) in [6.07, 6.45) is 5.85. The summed E-state index contributed by atoms with van der Waals surface area (Å²) in [6.45, 7) is 1.71. The molecule has 0 aromatic carbocycles. The Labute approximate surface area is 134 Å². The van der Waals surface area contributed by atoms with E-state index in [0.717, 1.165) is 11.3 Å². The second-order valence-electron chi connectivity index (χ2n) is 4.58. The molecule has 0 spiro atoms. The monoisotopic (exact) mass is 329 g/mol. The van der Waals surface area contributed by atoms with E-state index in [1.54, 1.807) is 12.3 Å². The number of carboxylic acids is 1. The van der Waals surface area contributed by atoms with E-state index in [9.17, 15) is 14.7 Å². The van der Waals surface area contributed by atoms with Crippen molar-refractivity contribution >= 4 is 28.2 Å². The number of thiophene rings is 1. The van der Waals surface area contributed by atoms with Crippen LogP contribution < -0.4 is 5.32 Å². The number of aromatic nitrogens is 4. The summed E-state index contributed by atoms with van der Waals surface area (Å²) in [7, 11) is 0. The number of imidazole rings is 1. The third kappa shape index (κ3) is 2.81. The van der Waals surface area contributed by atoms with Gasteiger partial charge in [-0.25, -0.2) is 9.78 Å². The van der Waals surface area contributed by atoms with Crippen LogP contribution in [0.25, 0.3) is 11.3 Å². The van der Waals surface area contributed by atoms with Gasteiger partial charge in [-0.05, 0) is 6.92 Å². The Hall–Kier alpha value is -3.07. The van der Waals surface area contributed by atoms with Crippen LogP contribution in [0, 0.1) is 6.92 Å². The second-order valence-corrected chi connectivity index (χ2v) is 5.46. The Bertz CT molecular complexity index is 872. The highest BCUT2D eigenvalue weighted by atomic mass is 32.1. The van der Waals surface area contributed by atoms with Gasteiger partial charge in [-0.1, -0.05) is 0 Å². The summed E-state index contributed by atoms with van der Waals surface area (Å²) in [4.78, 5) is 38.6. The summed E-state index contributed by atoms with van der Waals surface area (Å²) in [5.74, 6) is -1.63. The highest BCUT2D eigenvalue weighted by Crippen LogP contribution is 2.34. The molecule has 0 aliphatic rings. The van der Waals surface area contributed by atoms with Crippen LogP contribution in [0.5, 0.6) is 0 Å². The van der Waals surface area contributed by atoms with Crippen LogP contribution in [0.4, 0.5) is 5.00 Å². The molecule has 3 aromatic heterocycles. The Balaban J connectivity index is 1.98. The molecule has 0 aliphatic heterocycles. The first-order valence-electron chi connectivity index (χ1n) is 6.50. The number of hydrogen-bond donors (Lipinski definition) is 3. The number of aromatic amines is 1. The molecule has 9 heteroatoms. The highest BCUT2D eigenvalue weighted by molar-refractivity contribution is 7.15. The maximum absolute atomic E-state index is 12.2. The van der Waals surface area contributed by atoms with E-state index in [1.165, 1.54) is 24.9 Å². The molecule has 0 bridgehead atoms. The fraction of sp³-hybridized carbons (Fsp3) is 0.0714. The van der Waals surface area contributed by atoms with E-state index in [1.807, 2.05) is 0 Å². The van der Waals surface area contributed by atoms with Crippen molar-refractivity contribution in [3.63, 3.8) is 0 Å². The number of nitrogens with one attached hydrogen (secondary N) is 2. The van der Waals surface area contributed by atoms with Crippen molar-refractivity contribution in [2.75, 3.05) is 5.32 Å².